The van der Waals surface area contributed by atoms with Crippen LogP contribution in [0.1, 0.15) is 5.56 Å². The number of nitrogens with one attached hydrogen (secondary N) is 1. The number of carboxylic acid groups (broad SMARTS) is 1. The van der Waals surface area contributed by atoms with Gasteiger partial charge >= 0.3 is 5.97 Å². The van der Waals surface area contributed by atoms with E-state index in [2.05, 4.69) is 20.9 Å². The largest absolute Gasteiger partial charge is 0.477 e. The maximum Gasteiger partial charge on any atom is 0.362 e. The van der Waals surface area contributed by atoms with Crippen LogP contribution in [0, 0.1) is 0 Å². The average molecular weight is 326 g/mol. The van der Waals surface area contributed by atoms with E-state index in [1.165, 1.54) is 0 Å². The molecule has 19 heavy (non-hydrogen) atoms. The number of likely N-dealkylation sites (N-methyl/N-ethyl adjacent to an activating group) is 1. The van der Waals surface area contributed by atoms with Gasteiger partial charge < -0.3 is 14.6 Å². The number of nitrogens with zero attached hydrogens (tertiary/aromatic N) is 1. The molecule has 0 radical (unpaired) electrons. The summed E-state index contributed by atoms with van der Waals surface area (Å²) in [5.74, 6) is -0.767. The van der Waals surface area contributed by atoms with Crippen LogP contribution in [0.2, 0.25) is 0 Å². The van der Waals surface area contributed by atoms with Crippen molar-refractivity contribution in [1.29, 1.82) is 0 Å². The summed E-state index contributed by atoms with van der Waals surface area (Å²) in [6, 6.07) is 5.52. The Labute approximate surface area is 120 Å². The molecule has 2 rings (SSSR count). The number of fused-ring (bicyclic) bond motifs is 1. The molecule has 4 nitrogen and oxygen atoms in total. The normalized spacial score (nSPS) is 13.7. The minimum atomic E-state index is -0.767. The summed E-state index contributed by atoms with van der Waals surface area (Å²) in [5.41, 5.74) is 2.07. The van der Waals surface area contributed by atoms with E-state index in [1.54, 1.807) is 0 Å². The predicted molar refractivity (Wildman–Crippen MR) is 79.2 cm³/mol. The summed E-state index contributed by atoms with van der Waals surface area (Å²) in [7, 11) is 5.72. The Hall–Kier alpha value is -1.33. The molecule has 0 amide bonds. The SMILES string of the molecule is C[N+](C)(C)[C@H](Cc1c[nH]c2ccc(Br)cc12)C(=O)O. The van der Waals surface area contributed by atoms with E-state index >= 15 is 0 Å². The highest BCUT2D eigenvalue weighted by Gasteiger charge is 2.32. The van der Waals surface area contributed by atoms with Crippen LogP contribution in [-0.4, -0.2) is 47.7 Å². The summed E-state index contributed by atoms with van der Waals surface area (Å²) in [6.07, 6.45) is 2.41. The first-order valence-electron chi connectivity index (χ1n) is 6.08. The maximum absolute atomic E-state index is 11.4. The van der Waals surface area contributed by atoms with E-state index in [9.17, 15) is 9.90 Å². The molecule has 1 aromatic heterocycles. The number of H-pyrrole nitrogens is 1. The first-order chi connectivity index (χ1) is 8.79. The van der Waals surface area contributed by atoms with Crippen LogP contribution < -0.4 is 0 Å². The van der Waals surface area contributed by atoms with Crippen LogP contribution in [0.25, 0.3) is 10.9 Å². The van der Waals surface area contributed by atoms with Gasteiger partial charge in [0.05, 0.1) is 21.1 Å². The summed E-state index contributed by atoms with van der Waals surface area (Å²) in [6.45, 7) is 0. The molecule has 0 spiro atoms. The average Bonchev–Trinajstić information content (AvgIpc) is 2.66. The molecule has 102 valence electrons. The molecule has 0 aliphatic carbocycles. The molecule has 0 unspecified atom stereocenters. The van der Waals surface area contributed by atoms with Crippen molar-refractivity contribution in [3.05, 3.63) is 34.4 Å². The van der Waals surface area contributed by atoms with Crippen molar-refractivity contribution in [1.82, 2.24) is 4.98 Å². The van der Waals surface area contributed by atoms with Gasteiger partial charge in [-0.05, 0) is 23.8 Å². The van der Waals surface area contributed by atoms with Crippen molar-refractivity contribution in [2.24, 2.45) is 0 Å². The van der Waals surface area contributed by atoms with Gasteiger partial charge in [0, 0.05) is 28.0 Å². The van der Waals surface area contributed by atoms with Crippen molar-refractivity contribution in [2.75, 3.05) is 21.1 Å². The highest BCUT2D eigenvalue weighted by molar-refractivity contribution is 9.10. The van der Waals surface area contributed by atoms with Gasteiger partial charge in [-0.3, -0.25) is 0 Å². The second kappa shape index (κ2) is 4.98. The van der Waals surface area contributed by atoms with Crippen LogP contribution in [0.4, 0.5) is 0 Å². The second-order valence-corrected chi connectivity index (χ2v) is 6.59. The first-order valence-corrected chi connectivity index (χ1v) is 6.88. The van der Waals surface area contributed by atoms with Crippen molar-refractivity contribution < 1.29 is 14.4 Å². The zero-order valence-corrected chi connectivity index (χ0v) is 12.9. The van der Waals surface area contributed by atoms with Gasteiger partial charge in [-0.25, -0.2) is 4.79 Å². The fourth-order valence-electron chi connectivity index (χ4n) is 2.22. The zero-order valence-electron chi connectivity index (χ0n) is 11.3. The second-order valence-electron chi connectivity index (χ2n) is 5.68. The fraction of sp³-hybridized carbons (Fsp3) is 0.357. The Kier molecular flexibility index (Phi) is 3.69. The van der Waals surface area contributed by atoms with Crippen LogP contribution >= 0.6 is 15.9 Å². The Morgan fingerprint density at radius 1 is 1.42 bits per heavy atom. The van der Waals surface area contributed by atoms with E-state index in [1.807, 2.05) is 45.5 Å². The first kappa shape index (κ1) is 14.1. The lowest BCUT2D eigenvalue weighted by molar-refractivity contribution is -0.887. The van der Waals surface area contributed by atoms with Gasteiger partial charge in [0.2, 0.25) is 0 Å². The van der Waals surface area contributed by atoms with E-state index in [0.29, 0.717) is 10.9 Å². The van der Waals surface area contributed by atoms with Crippen molar-refractivity contribution in [3.63, 3.8) is 0 Å². The molecule has 2 aromatic rings. The summed E-state index contributed by atoms with van der Waals surface area (Å²) in [4.78, 5) is 14.6. The van der Waals surface area contributed by atoms with E-state index in [-0.39, 0.29) is 0 Å². The van der Waals surface area contributed by atoms with Crippen molar-refractivity contribution >= 4 is 32.8 Å². The third kappa shape index (κ3) is 2.98. The summed E-state index contributed by atoms with van der Waals surface area (Å²) in [5, 5.41) is 10.5. The number of aliphatic carboxylic acids is 1. The van der Waals surface area contributed by atoms with E-state index in [4.69, 9.17) is 0 Å². The fourth-order valence-corrected chi connectivity index (χ4v) is 2.58. The maximum atomic E-state index is 11.4. The Morgan fingerprint density at radius 2 is 2.11 bits per heavy atom. The molecular weight excluding hydrogens is 308 g/mol. The van der Waals surface area contributed by atoms with Gasteiger partial charge in [0.25, 0.3) is 0 Å². The molecule has 0 aliphatic rings. The monoisotopic (exact) mass is 325 g/mol. The van der Waals surface area contributed by atoms with Crippen LogP contribution in [0.15, 0.2) is 28.9 Å². The topological polar surface area (TPSA) is 53.1 Å². The van der Waals surface area contributed by atoms with Crippen molar-refractivity contribution in [3.8, 4) is 0 Å². The summed E-state index contributed by atoms with van der Waals surface area (Å²) < 4.78 is 1.40. The number of carboxylic acids is 1. The molecule has 0 bridgehead atoms. The Bertz CT molecular complexity index is 613. The predicted octanol–water partition coefficient (Wildman–Crippen LogP) is 2.63. The zero-order chi connectivity index (χ0) is 14.2. The third-order valence-electron chi connectivity index (χ3n) is 3.36. The Balaban J connectivity index is 2.39. The van der Waals surface area contributed by atoms with Crippen LogP contribution in [0.5, 0.6) is 0 Å². The molecule has 0 saturated carbocycles. The minimum absolute atomic E-state index is 0.399. The number of aromatic nitrogens is 1. The summed E-state index contributed by atoms with van der Waals surface area (Å²) >= 11 is 3.45. The number of carbonyl (C=O) groups is 1. The van der Waals surface area contributed by atoms with Gasteiger partial charge in [0.15, 0.2) is 6.04 Å². The molecule has 5 heteroatoms. The number of aromatic amines is 1. The van der Waals surface area contributed by atoms with Crippen LogP contribution in [0.3, 0.4) is 0 Å². The molecule has 1 atom stereocenters. The smallest absolute Gasteiger partial charge is 0.362 e. The lowest BCUT2D eigenvalue weighted by atomic mass is 10.0. The standard InChI is InChI=1S/C14H17BrN2O2/c1-17(2,3)13(14(18)19)6-9-8-16-12-5-4-10(15)7-11(9)12/h4-5,7-8,13,16H,6H2,1-3H3/p+1/t13-/m1/s1. The lowest BCUT2D eigenvalue weighted by Crippen LogP contribution is -2.51. The quantitative estimate of drug-likeness (QED) is 0.849. The van der Waals surface area contributed by atoms with Gasteiger partial charge in [-0.15, -0.1) is 0 Å². The van der Waals surface area contributed by atoms with E-state index in [0.717, 1.165) is 20.9 Å². The Morgan fingerprint density at radius 3 is 2.68 bits per heavy atom. The number of hydrogen-bond acceptors (Lipinski definition) is 1. The lowest BCUT2D eigenvalue weighted by Gasteiger charge is -2.31. The van der Waals surface area contributed by atoms with Gasteiger partial charge in [-0.2, -0.15) is 0 Å². The number of hydrogen-bond donors (Lipinski definition) is 2. The molecule has 0 fully saturated rings. The molecule has 2 N–H and O–H groups in total. The molecule has 1 heterocycles. The number of benzene rings is 1. The number of rotatable bonds is 4. The minimum Gasteiger partial charge on any atom is -0.477 e. The van der Waals surface area contributed by atoms with Crippen molar-refractivity contribution in [2.45, 2.75) is 12.5 Å². The molecule has 1 aromatic carbocycles. The third-order valence-corrected chi connectivity index (χ3v) is 3.86. The van der Waals surface area contributed by atoms with E-state index < -0.39 is 12.0 Å². The van der Waals surface area contributed by atoms with Gasteiger partial charge in [-0.1, -0.05) is 15.9 Å². The van der Waals surface area contributed by atoms with Gasteiger partial charge in [0.1, 0.15) is 0 Å². The highest BCUT2D eigenvalue weighted by atomic mass is 79.9. The molecular formula is C14H18BrN2O2+. The van der Waals surface area contributed by atoms with Crippen LogP contribution in [-0.2, 0) is 11.2 Å². The number of halogens is 1. The molecule has 0 aliphatic heterocycles. The molecule has 0 saturated heterocycles. The highest BCUT2D eigenvalue weighted by Crippen LogP contribution is 2.25. The number of quaternary nitrogens is 1.